The van der Waals surface area contributed by atoms with Gasteiger partial charge in [-0.25, -0.2) is 14.5 Å². The van der Waals surface area contributed by atoms with Gasteiger partial charge in [0.25, 0.3) is 5.91 Å². The Kier molecular flexibility index (Phi) is 2.68. The molecule has 6 heteroatoms. The van der Waals surface area contributed by atoms with Crippen LogP contribution in [0.3, 0.4) is 0 Å². The van der Waals surface area contributed by atoms with Crippen LogP contribution in [0, 0.1) is 6.92 Å². The molecule has 3 aromatic heterocycles. The third kappa shape index (κ3) is 2.03. The largest absolute Gasteiger partial charge is 0.306 e. The Hall–Kier alpha value is -2.76. The van der Waals surface area contributed by atoms with Crippen LogP contribution in [0.25, 0.3) is 5.65 Å². The minimum atomic E-state index is -0.268. The van der Waals surface area contributed by atoms with Gasteiger partial charge in [-0.1, -0.05) is 6.07 Å². The molecule has 0 saturated carbocycles. The monoisotopic (exact) mass is 253 g/mol. The zero-order valence-corrected chi connectivity index (χ0v) is 10.2. The van der Waals surface area contributed by atoms with Gasteiger partial charge in [-0.05, 0) is 24.6 Å². The van der Waals surface area contributed by atoms with Crippen LogP contribution in [0.4, 0.5) is 5.82 Å². The molecule has 19 heavy (non-hydrogen) atoms. The topological polar surface area (TPSA) is 72.2 Å². The van der Waals surface area contributed by atoms with E-state index in [1.807, 2.05) is 19.1 Å². The second kappa shape index (κ2) is 4.49. The first-order chi connectivity index (χ1) is 9.25. The quantitative estimate of drug-likeness (QED) is 0.754. The number of aromatic nitrogens is 4. The SMILES string of the molecule is Cc1cccnc1NC(=O)c1cnn2cccnc12. The van der Waals surface area contributed by atoms with Gasteiger partial charge in [0.05, 0.1) is 6.20 Å². The molecule has 3 aromatic rings. The number of hydrogen-bond donors (Lipinski definition) is 1. The van der Waals surface area contributed by atoms with Crippen molar-refractivity contribution >= 4 is 17.4 Å². The minimum Gasteiger partial charge on any atom is -0.306 e. The minimum absolute atomic E-state index is 0.268. The van der Waals surface area contributed by atoms with Gasteiger partial charge in [0.2, 0.25) is 0 Å². The van der Waals surface area contributed by atoms with E-state index in [-0.39, 0.29) is 5.91 Å². The van der Waals surface area contributed by atoms with E-state index in [0.29, 0.717) is 17.0 Å². The molecule has 0 saturated heterocycles. The molecule has 1 N–H and O–H groups in total. The first kappa shape index (κ1) is 11.3. The van der Waals surface area contributed by atoms with Crippen LogP contribution in [0.2, 0.25) is 0 Å². The Bertz CT molecular complexity index is 749. The fraction of sp³-hybridized carbons (Fsp3) is 0.0769. The average Bonchev–Trinajstić information content (AvgIpc) is 2.85. The van der Waals surface area contributed by atoms with E-state index in [4.69, 9.17) is 0 Å². The molecule has 0 bridgehead atoms. The van der Waals surface area contributed by atoms with E-state index < -0.39 is 0 Å². The Balaban J connectivity index is 1.95. The van der Waals surface area contributed by atoms with E-state index in [1.165, 1.54) is 6.20 Å². The number of nitrogens with zero attached hydrogens (tertiary/aromatic N) is 4. The van der Waals surface area contributed by atoms with Crippen LogP contribution in [0.5, 0.6) is 0 Å². The summed E-state index contributed by atoms with van der Waals surface area (Å²) in [5.74, 6) is 0.276. The fourth-order valence-corrected chi connectivity index (χ4v) is 1.78. The van der Waals surface area contributed by atoms with E-state index in [2.05, 4.69) is 20.4 Å². The smallest absolute Gasteiger partial charge is 0.262 e. The van der Waals surface area contributed by atoms with Gasteiger partial charge >= 0.3 is 0 Å². The number of carbonyl (C=O) groups excluding carboxylic acids is 1. The van der Waals surface area contributed by atoms with Crippen molar-refractivity contribution in [2.24, 2.45) is 0 Å². The van der Waals surface area contributed by atoms with Crippen molar-refractivity contribution in [2.45, 2.75) is 6.92 Å². The summed E-state index contributed by atoms with van der Waals surface area (Å²) in [7, 11) is 0. The van der Waals surface area contributed by atoms with Gasteiger partial charge in [-0.15, -0.1) is 0 Å². The molecule has 0 aliphatic carbocycles. The van der Waals surface area contributed by atoms with Crippen molar-refractivity contribution in [2.75, 3.05) is 5.32 Å². The van der Waals surface area contributed by atoms with Crippen LogP contribution in [-0.2, 0) is 0 Å². The molecule has 0 spiro atoms. The predicted molar refractivity (Wildman–Crippen MR) is 69.9 cm³/mol. The molecule has 6 nitrogen and oxygen atoms in total. The molecule has 0 aliphatic rings. The van der Waals surface area contributed by atoms with Gasteiger partial charge in [0.15, 0.2) is 5.65 Å². The zero-order valence-electron chi connectivity index (χ0n) is 10.2. The lowest BCUT2D eigenvalue weighted by atomic mass is 10.2. The second-order valence-corrected chi connectivity index (χ2v) is 4.07. The molecular weight excluding hydrogens is 242 g/mol. The number of rotatable bonds is 2. The molecule has 94 valence electrons. The summed E-state index contributed by atoms with van der Waals surface area (Å²) in [6, 6.07) is 5.46. The highest BCUT2D eigenvalue weighted by molar-refractivity contribution is 6.07. The number of carbonyl (C=O) groups is 1. The Morgan fingerprint density at radius 2 is 2.11 bits per heavy atom. The molecule has 3 heterocycles. The van der Waals surface area contributed by atoms with Crippen LogP contribution < -0.4 is 5.32 Å². The number of anilines is 1. The first-order valence-electron chi connectivity index (χ1n) is 5.77. The lowest BCUT2D eigenvalue weighted by Gasteiger charge is -2.05. The number of nitrogens with one attached hydrogen (secondary N) is 1. The average molecular weight is 253 g/mol. The van der Waals surface area contributed by atoms with Crippen molar-refractivity contribution in [3.63, 3.8) is 0 Å². The number of amides is 1. The summed E-state index contributed by atoms with van der Waals surface area (Å²) in [5.41, 5.74) is 1.85. The standard InChI is InChI=1S/C13H11N5O/c1-9-4-2-5-14-11(9)17-13(19)10-8-16-18-7-3-6-15-12(10)18/h2-8H,1H3,(H,14,17,19). The van der Waals surface area contributed by atoms with Gasteiger partial charge < -0.3 is 5.32 Å². The normalized spacial score (nSPS) is 10.6. The highest BCUT2D eigenvalue weighted by Crippen LogP contribution is 2.13. The van der Waals surface area contributed by atoms with Crippen molar-refractivity contribution in [1.29, 1.82) is 0 Å². The molecular formula is C13H11N5O. The maximum Gasteiger partial charge on any atom is 0.262 e. The van der Waals surface area contributed by atoms with Crippen molar-refractivity contribution in [3.05, 3.63) is 54.1 Å². The summed E-state index contributed by atoms with van der Waals surface area (Å²) in [5, 5.41) is 6.84. The number of fused-ring (bicyclic) bond motifs is 1. The third-order valence-electron chi connectivity index (χ3n) is 2.77. The van der Waals surface area contributed by atoms with Crippen LogP contribution in [0.1, 0.15) is 15.9 Å². The Morgan fingerprint density at radius 3 is 2.95 bits per heavy atom. The highest BCUT2D eigenvalue weighted by atomic mass is 16.1. The maximum absolute atomic E-state index is 12.2. The molecule has 0 aliphatic heterocycles. The fourth-order valence-electron chi connectivity index (χ4n) is 1.78. The molecule has 0 atom stereocenters. The molecule has 0 radical (unpaired) electrons. The molecule has 0 fully saturated rings. The number of pyridine rings is 1. The Labute approximate surface area is 109 Å². The van der Waals surface area contributed by atoms with E-state index in [9.17, 15) is 4.79 Å². The van der Waals surface area contributed by atoms with Gasteiger partial charge in [0.1, 0.15) is 11.4 Å². The summed E-state index contributed by atoms with van der Waals surface area (Å²) in [6.07, 6.45) is 6.50. The van der Waals surface area contributed by atoms with Gasteiger partial charge in [-0.3, -0.25) is 4.79 Å². The lowest BCUT2D eigenvalue weighted by molar-refractivity contribution is 0.102. The van der Waals surface area contributed by atoms with Crippen molar-refractivity contribution in [1.82, 2.24) is 19.6 Å². The summed E-state index contributed by atoms with van der Waals surface area (Å²) in [6.45, 7) is 1.89. The predicted octanol–water partition coefficient (Wildman–Crippen LogP) is 1.69. The van der Waals surface area contributed by atoms with E-state index >= 15 is 0 Å². The molecule has 0 unspecified atom stereocenters. The first-order valence-corrected chi connectivity index (χ1v) is 5.77. The van der Waals surface area contributed by atoms with Crippen molar-refractivity contribution < 1.29 is 4.79 Å². The second-order valence-electron chi connectivity index (χ2n) is 4.07. The van der Waals surface area contributed by atoms with Crippen molar-refractivity contribution in [3.8, 4) is 0 Å². The zero-order chi connectivity index (χ0) is 13.2. The maximum atomic E-state index is 12.2. The number of aryl methyl sites for hydroxylation is 1. The van der Waals surface area contributed by atoms with E-state index in [1.54, 1.807) is 29.2 Å². The van der Waals surface area contributed by atoms with Crippen LogP contribution in [0.15, 0.2) is 43.0 Å². The molecule has 3 rings (SSSR count). The third-order valence-corrected chi connectivity index (χ3v) is 2.77. The van der Waals surface area contributed by atoms with Gasteiger partial charge in [0, 0.05) is 18.6 Å². The van der Waals surface area contributed by atoms with Gasteiger partial charge in [-0.2, -0.15) is 5.10 Å². The highest BCUT2D eigenvalue weighted by Gasteiger charge is 2.14. The Morgan fingerprint density at radius 1 is 1.26 bits per heavy atom. The lowest BCUT2D eigenvalue weighted by Crippen LogP contribution is -2.13. The number of hydrogen-bond acceptors (Lipinski definition) is 4. The van der Waals surface area contributed by atoms with E-state index in [0.717, 1.165) is 5.56 Å². The molecule has 0 aromatic carbocycles. The van der Waals surface area contributed by atoms with Crippen LogP contribution in [-0.4, -0.2) is 25.5 Å². The summed E-state index contributed by atoms with van der Waals surface area (Å²) < 4.78 is 1.56. The molecule has 1 amide bonds. The summed E-state index contributed by atoms with van der Waals surface area (Å²) in [4.78, 5) is 20.5. The summed E-state index contributed by atoms with van der Waals surface area (Å²) >= 11 is 0. The van der Waals surface area contributed by atoms with Crippen LogP contribution >= 0.6 is 0 Å².